The van der Waals surface area contributed by atoms with Crippen molar-refractivity contribution in [2.24, 2.45) is 5.16 Å². The summed E-state index contributed by atoms with van der Waals surface area (Å²) in [6.07, 6.45) is 5.58. The van der Waals surface area contributed by atoms with Crippen molar-refractivity contribution in [1.29, 1.82) is 0 Å². The summed E-state index contributed by atoms with van der Waals surface area (Å²) in [5, 5.41) is 8.84. The molecule has 7 nitrogen and oxygen atoms in total. The van der Waals surface area contributed by atoms with Crippen molar-refractivity contribution >= 4 is 40.8 Å². The van der Waals surface area contributed by atoms with E-state index in [-0.39, 0.29) is 0 Å². The number of anilines is 1. The first-order valence-corrected chi connectivity index (χ1v) is 9.42. The SMILES string of the molecule is CCCCCCCCNC(=O)/C(=N\OC(=O)Nc1cccc(Cl)c1)C(C)=O. The van der Waals surface area contributed by atoms with Gasteiger partial charge in [-0.05, 0) is 24.6 Å². The second-order valence-corrected chi connectivity index (χ2v) is 6.47. The molecule has 148 valence electrons. The van der Waals surface area contributed by atoms with Crippen LogP contribution in [0.3, 0.4) is 0 Å². The number of Topliss-reactive ketones (excluding diaryl/α,β-unsaturated/α-hetero) is 1. The molecule has 0 saturated carbocycles. The molecule has 0 radical (unpaired) electrons. The lowest BCUT2D eigenvalue weighted by molar-refractivity contribution is -0.117. The number of nitrogens with one attached hydrogen (secondary N) is 2. The lowest BCUT2D eigenvalue weighted by Gasteiger charge is -2.06. The third kappa shape index (κ3) is 9.75. The van der Waals surface area contributed by atoms with E-state index in [1.54, 1.807) is 18.2 Å². The molecule has 8 heteroatoms. The molecule has 0 atom stereocenters. The molecule has 0 bridgehead atoms. The van der Waals surface area contributed by atoms with Crippen molar-refractivity contribution in [3.8, 4) is 0 Å². The van der Waals surface area contributed by atoms with Crippen LogP contribution in [0.1, 0.15) is 52.4 Å². The molecule has 0 fully saturated rings. The fraction of sp³-hybridized carbons (Fsp3) is 0.474. The van der Waals surface area contributed by atoms with Crippen LogP contribution in [0.5, 0.6) is 0 Å². The van der Waals surface area contributed by atoms with Gasteiger partial charge in [-0.2, -0.15) is 0 Å². The normalized spacial score (nSPS) is 11.0. The minimum absolute atomic E-state index is 0.402. The maximum absolute atomic E-state index is 12.0. The van der Waals surface area contributed by atoms with Crippen molar-refractivity contribution in [3.05, 3.63) is 29.3 Å². The van der Waals surface area contributed by atoms with Crippen molar-refractivity contribution in [2.75, 3.05) is 11.9 Å². The van der Waals surface area contributed by atoms with Gasteiger partial charge in [-0.15, -0.1) is 0 Å². The van der Waals surface area contributed by atoms with E-state index < -0.39 is 23.5 Å². The highest BCUT2D eigenvalue weighted by Gasteiger charge is 2.18. The Bertz CT molecular complexity index is 677. The highest BCUT2D eigenvalue weighted by atomic mass is 35.5. The number of nitrogens with zero attached hydrogens (tertiary/aromatic N) is 1. The van der Waals surface area contributed by atoms with Gasteiger partial charge in [-0.25, -0.2) is 4.79 Å². The smallest absolute Gasteiger partial charge is 0.350 e. The van der Waals surface area contributed by atoms with Crippen LogP contribution in [0, 0.1) is 0 Å². The van der Waals surface area contributed by atoms with Crippen molar-refractivity contribution in [1.82, 2.24) is 5.32 Å². The van der Waals surface area contributed by atoms with Gasteiger partial charge in [-0.3, -0.25) is 19.7 Å². The summed E-state index contributed by atoms with van der Waals surface area (Å²) >= 11 is 5.82. The molecule has 2 N–H and O–H groups in total. The lowest BCUT2D eigenvalue weighted by atomic mass is 10.1. The van der Waals surface area contributed by atoms with Gasteiger partial charge in [0, 0.05) is 24.2 Å². The van der Waals surface area contributed by atoms with E-state index >= 15 is 0 Å². The zero-order valence-electron chi connectivity index (χ0n) is 15.7. The summed E-state index contributed by atoms with van der Waals surface area (Å²) in [4.78, 5) is 40.0. The third-order valence-corrected chi connectivity index (χ3v) is 3.89. The van der Waals surface area contributed by atoms with Gasteiger partial charge in [0.25, 0.3) is 5.91 Å². The molecule has 0 heterocycles. The minimum atomic E-state index is -0.931. The zero-order valence-corrected chi connectivity index (χ0v) is 16.5. The van der Waals surface area contributed by atoms with Gasteiger partial charge in [0.15, 0.2) is 5.78 Å². The van der Waals surface area contributed by atoms with E-state index in [1.807, 2.05) is 0 Å². The van der Waals surface area contributed by atoms with Gasteiger partial charge in [-0.1, -0.05) is 61.9 Å². The van der Waals surface area contributed by atoms with Gasteiger partial charge in [0.1, 0.15) is 0 Å². The summed E-state index contributed by atoms with van der Waals surface area (Å²) < 4.78 is 0. The van der Waals surface area contributed by atoms with E-state index in [2.05, 4.69) is 27.6 Å². The van der Waals surface area contributed by atoms with Crippen LogP contribution >= 0.6 is 11.6 Å². The van der Waals surface area contributed by atoms with E-state index in [0.29, 0.717) is 17.3 Å². The number of halogens is 1. The van der Waals surface area contributed by atoms with Crippen molar-refractivity contribution in [2.45, 2.75) is 52.4 Å². The molecule has 0 spiro atoms. The van der Waals surface area contributed by atoms with E-state index in [1.165, 1.54) is 32.3 Å². The average molecular weight is 396 g/mol. The summed E-state index contributed by atoms with van der Waals surface area (Å²) in [5.41, 5.74) is -0.0539. The van der Waals surface area contributed by atoms with Crippen molar-refractivity contribution < 1.29 is 19.2 Å². The van der Waals surface area contributed by atoms with Gasteiger partial charge in [0.05, 0.1) is 0 Å². The van der Waals surface area contributed by atoms with Crippen molar-refractivity contribution in [3.63, 3.8) is 0 Å². The van der Waals surface area contributed by atoms with Crippen LogP contribution in [-0.2, 0) is 14.4 Å². The van der Waals surface area contributed by atoms with Gasteiger partial charge in [0.2, 0.25) is 5.71 Å². The van der Waals surface area contributed by atoms with Gasteiger partial charge < -0.3 is 5.32 Å². The molecule has 0 aliphatic rings. The highest BCUT2D eigenvalue weighted by molar-refractivity contribution is 6.65. The fourth-order valence-electron chi connectivity index (χ4n) is 2.25. The number of hydrogen-bond acceptors (Lipinski definition) is 5. The Hall–Kier alpha value is -2.41. The molecular formula is C19H26ClN3O4. The van der Waals surface area contributed by atoms with Gasteiger partial charge >= 0.3 is 6.09 Å². The number of carbonyl (C=O) groups is 3. The maximum atomic E-state index is 12.0. The fourth-order valence-corrected chi connectivity index (χ4v) is 2.44. The van der Waals surface area contributed by atoms with Crippen LogP contribution in [-0.4, -0.2) is 30.0 Å². The standard InChI is InChI=1S/C19H26ClN3O4/c1-3-4-5-6-7-8-12-21-18(25)17(14(2)24)23-27-19(26)22-16-11-9-10-15(20)13-16/h9-11,13H,3-8,12H2,1-2H3,(H,21,25)(H,22,26)/b23-17-. The third-order valence-electron chi connectivity index (χ3n) is 3.66. The molecule has 2 amide bonds. The summed E-state index contributed by atoms with van der Waals surface area (Å²) in [6, 6.07) is 6.43. The number of amides is 2. The molecule has 27 heavy (non-hydrogen) atoms. The first-order chi connectivity index (χ1) is 12.9. The maximum Gasteiger partial charge on any atom is 0.437 e. The number of carbonyl (C=O) groups excluding carboxylic acids is 3. The lowest BCUT2D eigenvalue weighted by Crippen LogP contribution is -2.36. The van der Waals surface area contributed by atoms with Crippen LogP contribution in [0.2, 0.25) is 5.02 Å². The minimum Gasteiger partial charge on any atom is -0.350 e. The Labute approximate surface area is 164 Å². The number of benzene rings is 1. The predicted molar refractivity (Wildman–Crippen MR) is 106 cm³/mol. The monoisotopic (exact) mass is 395 g/mol. The Morgan fingerprint density at radius 2 is 1.81 bits per heavy atom. The van der Waals surface area contributed by atoms with Crippen LogP contribution < -0.4 is 10.6 Å². The van der Waals surface area contributed by atoms with E-state index in [9.17, 15) is 14.4 Å². The molecule has 0 aliphatic carbocycles. The number of oxime groups is 1. The first-order valence-electron chi connectivity index (χ1n) is 9.04. The number of hydrogen-bond donors (Lipinski definition) is 2. The molecule has 0 aliphatic heterocycles. The molecule has 1 aromatic rings. The molecule has 1 rings (SSSR count). The zero-order chi connectivity index (χ0) is 20.1. The Morgan fingerprint density at radius 3 is 2.48 bits per heavy atom. The van der Waals surface area contributed by atoms with E-state index in [4.69, 9.17) is 11.6 Å². The molecule has 0 unspecified atom stereocenters. The highest BCUT2D eigenvalue weighted by Crippen LogP contribution is 2.15. The molecule has 0 aromatic heterocycles. The van der Waals surface area contributed by atoms with Crippen LogP contribution in [0.4, 0.5) is 10.5 Å². The van der Waals surface area contributed by atoms with E-state index in [0.717, 1.165) is 19.3 Å². The largest absolute Gasteiger partial charge is 0.437 e. The second-order valence-electron chi connectivity index (χ2n) is 6.03. The molecule has 1 aromatic carbocycles. The topological polar surface area (TPSA) is 96.9 Å². The number of ketones is 1. The number of unbranched alkanes of at least 4 members (excludes halogenated alkanes) is 5. The average Bonchev–Trinajstić information content (AvgIpc) is 2.60. The van der Waals surface area contributed by atoms with Crippen LogP contribution in [0.25, 0.3) is 0 Å². The quantitative estimate of drug-likeness (QED) is 0.192. The van der Waals surface area contributed by atoms with Crippen LogP contribution in [0.15, 0.2) is 29.4 Å². The molecular weight excluding hydrogens is 370 g/mol. The summed E-state index contributed by atoms with van der Waals surface area (Å²) in [7, 11) is 0. The molecule has 0 saturated heterocycles. The Morgan fingerprint density at radius 1 is 1.11 bits per heavy atom. The Kier molecular flexibility index (Phi) is 10.8. The number of rotatable bonds is 11. The Balaban J connectivity index is 2.45. The summed E-state index contributed by atoms with van der Waals surface area (Å²) in [5.74, 6) is -1.25. The first kappa shape index (κ1) is 22.6. The predicted octanol–water partition coefficient (Wildman–Crippen LogP) is 4.31. The summed E-state index contributed by atoms with van der Waals surface area (Å²) in [6.45, 7) is 3.77. The second kappa shape index (κ2) is 12.9.